The van der Waals surface area contributed by atoms with Gasteiger partial charge in [-0.25, -0.2) is 0 Å². The molecule has 0 radical (unpaired) electrons. The Hall–Kier alpha value is -1.89. The van der Waals surface area contributed by atoms with Crippen LogP contribution in [0, 0.1) is 0 Å². The van der Waals surface area contributed by atoms with E-state index in [4.69, 9.17) is 0 Å². The third-order valence-corrected chi connectivity index (χ3v) is 4.64. The Bertz CT molecular complexity index is 798. The minimum Gasteiger partial charge on any atom is -0.350 e. The molecule has 0 aliphatic heterocycles. The zero-order valence-electron chi connectivity index (χ0n) is 12.9. The molecule has 1 aromatic carbocycles. The topological polar surface area (TPSA) is 59.0 Å². The Morgan fingerprint density at radius 3 is 2.87 bits per heavy atom. The van der Waals surface area contributed by atoms with Crippen molar-refractivity contribution in [1.82, 2.24) is 20.4 Å². The number of carbonyl (C=O) groups excluding carboxylic acids is 1. The fraction of sp³-hybridized carbons (Fsp3) is 0.250. The van der Waals surface area contributed by atoms with Gasteiger partial charge in [0, 0.05) is 30.1 Å². The van der Waals surface area contributed by atoms with Crippen LogP contribution in [-0.4, -0.2) is 22.7 Å². The van der Waals surface area contributed by atoms with E-state index in [1.165, 1.54) is 10.1 Å². The first-order chi connectivity index (χ1) is 10.7. The summed E-state index contributed by atoms with van der Waals surface area (Å²) in [5.74, 6) is -0.0502. The van der Waals surface area contributed by atoms with Crippen LogP contribution in [0.2, 0.25) is 0 Å². The van der Waals surface area contributed by atoms with E-state index in [0.717, 1.165) is 11.1 Å². The number of aryl methyl sites for hydroxylation is 1. The standard InChI is InChI=1S/C16H18N4OS.ClH/c1-17-15(11-8-19-20(2)9-11)16(21)18-7-12-10-22-14-6-4-3-5-13(12)14;/h3-6,8-10,15,17H,7H2,1-2H3,(H,18,21);1H. The van der Waals surface area contributed by atoms with Crippen molar-refractivity contribution in [2.75, 3.05) is 7.05 Å². The molecular formula is C16H19ClN4OS. The molecule has 2 heterocycles. The number of benzene rings is 1. The molecule has 0 saturated carbocycles. The molecule has 5 nitrogen and oxygen atoms in total. The van der Waals surface area contributed by atoms with Crippen LogP contribution in [0.4, 0.5) is 0 Å². The summed E-state index contributed by atoms with van der Waals surface area (Å²) in [6, 6.07) is 7.84. The van der Waals surface area contributed by atoms with Crippen molar-refractivity contribution in [2.45, 2.75) is 12.6 Å². The van der Waals surface area contributed by atoms with Crippen LogP contribution >= 0.6 is 23.7 Å². The zero-order chi connectivity index (χ0) is 15.5. The number of hydrogen-bond acceptors (Lipinski definition) is 4. The van der Waals surface area contributed by atoms with Gasteiger partial charge in [0.05, 0.1) is 6.20 Å². The van der Waals surface area contributed by atoms with E-state index in [9.17, 15) is 4.79 Å². The van der Waals surface area contributed by atoms with E-state index in [2.05, 4.69) is 33.2 Å². The predicted molar refractivity (Wildman–Crippen MR) is 95.9 cm³/mol. The number of amides is 1. The Morgan fingerprint density at radius 1 is 1.39 bits per heavy atom. The fourth-order valence-corrected chi connectivity index (χ4v) is 3.46. The molecule has 0 aliphatic carbocycles. The lowest BCUT2D eigenvalue weighted by Gasteiger charge is -2.14. The van der Waals surface area contributed by atoms with Gasteiger partial charge in [0.15, 0.2) is 0 Å². The maximum absolute atomic E-state index is 12.4. The highest BCUT2D eigenvalue weighted by Crippen LogP contribution is 2.25. The average Bonchev–Trinajstić information content (AvgIpc) is 3.12. The van der Waals surface area contributed by atoms with Crippen molar-refractivity contribution in [3.8, 4) is 0 Å². The number of aromatic nitrogens is 2. The second kappa shape index (κ2) is 7.59. The van der Waals surface area contributed by atoms with Gasteiger partial charge in [-0.3, -0.25) is 9.48 Å². The molecule has 1 amide bonds. The largest absolute Gasteiger partial charge is 0.350 e. The number of halogens is 1. The molecule has 3 rings (SSSR count). The highest BCUT2D eigenvalue weighted by atomic mass is 35.5. The van der Waals surface area contributed by atoms with Gasteiger partial charge in [0.25, 0.3) is 0 Å². The summed E-state index contributed by atoms with van der Waals surface area (Å²) in [5, 5.41) is 13.5. The number of nitrogens with one attached hydrogen (secondary N) is 2. The molecule has 0 fully saturated rings. The van der Waals surface area contributed by atoms with E-state index < -0.39 is 6.04 Å². The molecule has 0 bridgehead atoms. The van der Waals surface area contributed by atoms with Gasteiger partial charge in [-0.15, -0.1) is 23.7 Å². The molecule has 7 heteroatoms. The summed E-state index contributed by atoms with van der Waals surface area (Å²) in [5.41, 5.74) is 2.01. The van der Waals surface area contributed by atoms with E-state index in [0.29, 0.717) is 6.54 Å². The van der Waals surface area contributed by atoms with Crippen molar-refractivity contribution >= 4 is 39.7 Å². The Labute approximate surface area is 145 Å². The summed E-state index contributed by atoms with van der Waals surface area (Å²) < 4.78 is 2.93. The first-order valence-electron chi connectivity index (χ1n) is 7.07. The molecule has 122 valence electrons. The predicted octanol–water partition coefficient (Wildman–Crippen LogP) is 2.63. The third-order valence-electron chi connectivity index (χ3n) is 3.62. The van der Waals surface area contributed by atoms with Crippen LogP contribution in [0.15, 0.2) is 42.0 Å². The summed E-state index contributed by atoms with van der Waals surface area (Å²) in [6.45, 7) is 0.529. The van der Waals surface area contributed by atoms with E-state index in [-0.39, 0.29) is 18.3 Å². The summed E-state index contributed by atoms with van der Waals surface area (Å²) >= 11 is 1.70. The first kappa shape index (κ1) is 17.5. The number of thiophene rings is 1. The molecule has 3 aromatic rings. The van der Waals surface area contributed by atoms with Crippen molar-refractivity contribution in [1.29, 1.82) is 0 Å². The van der Waals surface area contributed by atoms with Crippen molar-refractivity contribution < 1.29 is 4.79 Å². The number of carbonyl (C=O) groups is 1. The normalized spacial score (nSPS) is 11.9. The highest BCUT2D eigenvalue weighted by Gasteiger charge is 2.20. The van der Waals surface area contributed by atoms with Crippen LogP contribution in [-0.2, 0) is 18.4 Å². The van der Waals surface area contributed by atoms with Crippen LogP contribution < -0.4 is 10.6 Å². The maximum Gasteiger partial charge on any atom is 0.242 e. The number of rotatable bonds is 5. The smallest absolute Gasteiger partial charge is 0.242 e. The molecule has 1 unspecified atom stereocenters. The SMILES string of the molecule is CNC(C(=O)NCc1csc2ccccc12)c1cnn(C)c1.Cl. The molecule has 1 atom stereocenters. The van der Waals surface area contributed by atoms with E-state index >= 15 is 0 Å². The van der Waals surface area contributed by atoms with Crippen LogP contribution in [0.1, 0.15) is 17.2 Å². The molecule has 0 saturated heterocycles. The highest BCUT2D eigenvalue weighted by molar-refractivity contribution is 7.17. The number of hydrogen-bond donors (Lipinski definition) is 2. The molecule has 0 aliphatic rings. The maximum atomic E-state index is 12.4. The van der Waals surface area contributed by atoms with Gasteiger partial charge in [-0.1, -0.05) is 18.2 Å². The number of fused-ring (bicyclic) bond motifs is 1. The summed E-state index contributed by atoms with van der Waals surface area (Å²) in [6.07, 6.45) is 3.56. The number of likely N-dealkylation sites (N-methyl/N-ethyl adjacent to an activating group) is 1. The Kier molecular flexibility index (Phi) is 5.76. The minimum absolute atomic E-state index is 0. The second-order valence-corrected chi connectivity index (χ2v) is 6.06. The van der Waals surface area contributed by atoms with E-state index in [1.807, 2.05) is 25.4 Å². The Morgan fingerprint density at radius 2 is 2.17 bits per heavy atom. The van der Waals surface area contributed by atoms with E-state index in [1.54, 1.807) is 29.3 Å². The fourth-order valence-electron chi connectivity index (χ4n) is 2.49. The van der Waals surface area contributed by atoms with Gasteiger partial charge in [0.2, 0.25) is 5.91 Å². The molecule has 2 aromatic heterocycles. The minimum atomic E-state index is -0.390. The first-order valence-corrected chi connectivity index (χ1v) is 7.95. The van der Waals surface area contributed by atoms with Gasteiger partial charge < -0.3 is 10.6 Å². The molecule has 0 spiro atoms. The van der Waals surface area contributed by atoms with Crippen molar-refractivity contribution in [3.05, 3.63) is 53.2 Å². The van der Waals surface area contributed by atoms with Crippen LogP contribution in [0.3, 0.4) is 0 Å². The van der Waals surface area contributed by atoms with Crippen LogP contribution in [0.25, 0.3) is 10.1 Å². The lowest BCUT2D eigenvalue weighted by molar-refractivity contribution is -0.123. The Balaban J connectivity index is 0.00000192. The molecular weight excluding hydrogens is 332 g/mol. The quantitative estimate of drug-likeness (QED) is 0.743. The third kappa shape index (κ3) is 3.72. The van der Waals surface area contributed by atoms with Crippen molar-refractivity contribution in [2.24, 2.45) is 7.05 Å². The van der Waals surface area contributed by atoms with Gasteiger partial charge in [-0.05, 0) is 29.4 Å². The van der Waals surface area contributed by atoms with Crippen LogP contribution in [0.5, 0.6) is 0 Å². The second-order valence-electron chi connectivity index (χ2n) is 5.14. The lowest BCUT2D eigenvalue weighted by Crippen LogP contribution is -2.35. The summed E-state index contributed by atoms with van der Waals surface area (Å²) in [4.78, 5) is 12.4. The van der Waals surface area contributed by atoms with Gasteiger partial charge >= 0.3 is 0 Å². The van der Waals surface area contributed by atoms with Gasteiger partial charge in [-0.2, -0.15) is 5.10 Å². The number of nitrogens with zero attached hydrogens (tertiary/aromatic N) is 2. The van der Waals surface area contributed by atoms with Gasteiger partial charge in [0.1, 0.15) is 6.04 Å². The lowest BCUT2D eigenvalue weighted by atomic mass is 10.1. The monoisotopic (exact) mass is 350 g/mol. The zero-order valence-corrected chi connectivity index (χ0v) is 14.6. The molecule has 23 heavy (non-hydrogen) atoms. The van der Waals surface area contributed by atoms with Crippen molar-refractivity contribution in [3.63, 3.8) is 0 Å². The average molecular weight is 351 g/mol. The summed E-state index contributed by atoms with van der Waals surface area (Å²) in [7, 11) is 3.61. The molecule has 2 N–H and O–H groups in total.